The van der Waals surface area contributed by atoms with Crippen molar-refractivity contribution in [3.8, 4) is 6.07 Å². The van der Waals surface area contributed by atoms with Gasteiger partial charge in [0.1, 0.15) is 0 Å². The van der Waals surface area contributed by atoms with E-state index >= 15 is 0 Å². The Morgan fingerprint density at radius 3 is 2.05 bits per heavy atom. The van der Waals surface area contributed by atoms with Crippen molar-refractivity contribution in [2.24, 2.45) is 11.3 Å². The van der Waals surface area contributed by atoms with Crippen molar-refractivity contribution < 1.29 is 0 Å². The van der Waals surface area contributed by atoms with E-state index in [-0.39, 0.29) is 5.41 Å². The molecule has 2 rings (SSSR count). The van der Waals surface area contributed by atoms with Crippen molar-refractivity contribution in [2.45, 2.75) is 58.8 Å². The molecule has 0 saturated heterocycles. The van der Waals surface area contributed by atoms with Gasteiger partial charge in [-0.1, -0.05) is 58.9 Å². The molecular weight excluding hydrogens is 230 g/mol. The molecule has 0 spiro atoms. The van der Waals surface area contributed by atoms with E-state index in [0.29, 0.717) is 17.3 Å². The normalized spacial score (nSPS) is 26.9. The molecule has 1 fully saturated rings. The van der Waals surface area contributed by atoms with Gasteiger partial charge in [0.05, 0.1) is 11.5 Å². The predicted octanol–water partition coefficient (Wildman–Crippen LogP) is 5.03. The summed E-state index contributed by atoms with van der Waals surface area (Å²) < 4.78 is 0. The maximum Gasteiger partial charge on any atom is 0.0828 e. The van der Waals surface area contributed by atoms with Crippen LogP contribution in [0.15, 0.2) is 24.3 Å². The maximum atomic E-state index is 9.60. The fourth-order valence-electron chi connectivity index (χ4n) is 2.97. The van der Waals surface area contributed by atoms with Crippen LogP contribution in [0.4, 0.5) is 0 Å². The van der Waals surface area contributed by atoms with E-state index in [1.807, 2.05) is 0 Å². The van der Waals surface area contributed by atoms with Gasteiger partial charge in [-0.3, -0.25) is 0 Å². The minimum Gasteiger partial charge on any atom is -0.197 e. The lowest BCUT2D eigenvalue weighted by atomic mass is 9.53. The summed E-state index contributed by atoms with van der Waals surface area (Å²) in [4.78, 5) is 0. The summed E-state index contributed by atoms with van der Waals surface area (Å²) in [6.07, 6.45) is 2.02. The molecule has 1 nitrogen and oxygen atoms in total. The molecule has 0 heterocycles. The zero-order valence-electron chi connectivity index (χ0n) is 12.8. The Labute approximate surface area is 117 Å². The van der Waals surface area contributed by atoms with Gasteiger partial charge >= 0.3 is 0 Å². The summed E-state index contributed by atoms with van der Waals surface area (Å²) >= 11 is 0. The van der Waals surface area contributed by atoms with Gasteiger partial charge in [-0.25, -0.2) is 0 Å². The summed E-state index contributed by atoms with van der Waals surface area (Å²) in [5, 5.41) is 9.60. The van der Waals surface area contributed by atoms with Crippen LogP contribution in [0.1, 0.15) is 64.5 Å². The highest BCUT2D eigenvalue weighted by Gasteiger charge is 2.49. The Balaban J connectivity index is 2.19. The van der Waals surface area contributed by atoms with E-state index in [0.717, 1.165) is 12.8 Å². The second-order valence-corrected chi connectivity index (χ2v) is 7.44. The summed E-state index contributed by atoms with van der Waals surface area (Å²) in [6.45, 7) is 11.2. The molecule has 19 heavy (non-hydrogen) atoms. The van der Waals surface area contributed by atoms with Crippen LogP contribution in [-0.4, -0.2) is 0 Å². The Morgan fingerprint density at radius 2 is 1.68 bits per heavy atom. The minimum atomic E-state index is -0.229. The molecule has 0 atom stereocenters. The van der Waals surface area contributed by atoms with Crippen LogP contribution in [0, 0.1) is 22.7 Å². The minimum absolute atomic E-state index is 0.229. The number of hydrogen-bond donors (Lipinski definition) is 0. The monoisotopic (exact) mass is 255 g/mol. The number of nitriles is 1. The van der Waals surface area contributed by atoms with Gasteiger partial charge in [-0.15, -0.1) is 0 Å². The highest BCUT2D eigenvalue weighted by atomic mass is 14.5. The zero-order valence-corrected chi connectivity index (χ0v) is 12.8. The van der Waals surface area contributed by atoms with Crippen LogP contribution in [0.2, 0.25) is 0 Å². The fraction of sp³-hybridized carbons (Fsp3) is 0.611. The van der Waals surface area contributed by atoms with Gasteiger partial charge in [0.15, 0.2) is 0 Å². The molecule has 1 aromatic rings. The maximum absolute atomic E-state index is 9.60. The summed E-state index contributed by atoms with van der Waals surface area (Å²) in [6, 6.07) is 11.3. The van der Waals surface area contributed by atoms with Gasteiger partial charge in [-0.2, -0.15) is 5.26 Å². The lowest BCUT2D eigenvalue weighted by Crippen LogP contribution is -2.45. The lowest BCUT2D eigenvalue weighted by molar-refractivity contribution is 0.0782. The Hall–Kier alpha value is -1.29. The largest absolute Gasteiger partial charge is 0.197 e. The number of benzene rings is 1. The highest BCUT2D eigenvalue weighted by Crippen LogP contribution is 2.54. The highest BCUT2D eigenvalue weighted by molar-refractivity contribution is 5.38. The molecule has 0 amide bonds. The average Bonchev–Trinajstić information content (AvgIpc) is 2.27. The summed E-state index contributed by atoms with van der Waals surface area (Å²) in [5.41, 5.74) is 2.65. The van der Waals surface area contributed by atoms with E-state index in [1.165, 1.54) is 11.1 Å². The molecule has 0 radical (unpaired) electrons. The summed E-state index contributed by atoms with van der Waals surface area (Å²) in [7, 11) is 0. The topological polar surface area (TPSA) is 23.8 Å². The first-order chi connectivity index (χ1) is 8.78. The van der Waals surface area contributed by atoms with Crippen molar-refractivity contribution in [3.63, 3.8) is 0 Å². The van der Waals surface area contributed by atoms with Crippen molar-refractivity contribution in [1.82, 2.24) is 0 Å². The second kappa shape index (κ2) is 4.67. The molecule has 0 N–H and O–H groups in total. The van der Waals surface area contributed by atoms with Crippen molar-refractivity contribution in [2.75, 3.05) is 0 Å². The molecule has 1 aliphatic carbocycles. The van der Waals surface area contributed by atoms with Crippen molar-refractivity contribution >= 4 is 0 Å². The van der Waals surface area contributed by atoms with Gasteiger partial charge in [0.25, 0.3) is 0 Å². The molecule has 102 valence electrons. The molecular formula is C18H25N. The first kappa shape index (κ1) is 14.1. The SMILES string of the molecule is CC(C)c1ccc(C2(C#N)CC(C(C)(C)C)C2)cc1. The van der Waals surface area contributed by atoms with E-state index in [4.69, 9.17) is 0 Å². The third kappa shape index (κ3) is 2.54. The van der Waals surface area contributed by atoms with Crippen molar-refractivity contribution in [1.29, 1.82) is 5.26 Å². The third-order valence-corrected chi connectivity index (χ3v) is 4.76. The Kier molecular flexibility index (Phi) is 3.47. The van der Waals surface area contributed by atoms with Crippen LogP contribution >= 0.6 is 0 Å². The number of nitrogens with zero attached hydrogens (tertiary/aromatic N) is 1. The van der Waals surface area contributed by atoms with Gasteiger partial charge < -0.3 is 0 Å². The number of rotatable bonds is 2. The molecule has 1 saturated carbocycles. The van der Waals surface area contributed by atoms with Crippen LogP contribution in [0.5, 0.6) is 0 Å². The lowest BCUT2D eigenvalue weighted by Gasteiger charge is -2.49. The predicted molar refractivity (Wildman–Crippen MR) is 80.0 cm³/mol. The summed E-state index contributed by atoms with van der Waals surface area (Å²) in [5.74, 6) is 1.22. The van der Waals surface area contributed by atoms with E-state index in [2.05, 4.69) is 65.0 Å². The van der Waals surface area contributed by atoms with E-state index in [9.17, 15) is 5.26 Å². The van der Waals surface area contributed by atoms with Gasteiger partial charge in [-0.05, 0) is 41.2 Å². The molecule has 0 aliphatic heterocycles. The molecule has 0 aromatic heterocycles. The smallest absolute Gasteiger partial charge is 0.0828 e. The van der Waals surface area contributed by atoms with Crippen LogP contribution < -0.4 is 0 Å². The van der Waals surface area contributed by atoms with Crippen LogP contribution in [0.25, 0.3) is 0 Å². The Morgan fingerprint density at radius 1 is 1.16 bits per heavy atom. The number of hydrogen-bond acceptors (Lipinski definition) is 1. The molecule has 1 aliphatic rings. The fourth-order valence-corrected chi connectivity index (χ4v) is 2.97. The molecule has 1 heteroatoms. The zero-order chi connectivity index (χ0) is 14.3. The first-order valence-electron chi connectivity index (χ1n) is 7.30. The van der Waals surface area contributed by atoms with Crippen LogP contribution in [0.3, 0.4) is 0 Å². The van der Waals surface area contributed by atoms with Gasteiger partial charge in [0.2, 0.25) is 0 Å². The third-order valence-electron chi connectivity index (χ3n) is 4.76. The van der Waals surface area contributed by atoms with E-state index in [1.54, 1.807) is 0 Å². The second-order valence-electron chi connectivity index (χ2n) is 7.44. The van der Waals surface area contributed by atoms with Crippen LogP contribution in [-0.2, 0) is 5.41 Å². The average molecular weight is 255 g/mol. The standard InChI is InChI=1S/C18H25N/c1-13(2)14-6-8-15(9-7-14)18(12-19)10-16(11-18)17(3,4)5/h6-9,13,16H,10-11H2,1-5H3. The van der Waals surface area contributed by atoms with Crippen molar-refractivity contribution in [3.05, 3.63) is 35.4 Å². The van der Waals surface area contributed by atoms with Gasteiger partial charge in [0, 0.05) is 0 Å². The molecule has 0 bridgehead atoms. The Bertz CT molecular complexity index is 476. The molecule has 1 aromatic carbocycles. The quantitative estimate of drug-likeness (QED) is 0.727. The van der Waals surface area contributed by atoms with E-state index < -0.39 is 0 Å². The first-order valence-corrected chi connectivity index (χ1v) is 7.30. The molecule has 0 unspecified atom stereocenters.